The highest BCUT2D eigenvalue weighted by atomic mass is 16.5. The van der Waals surface area contributed by atoms with Gasteiger partial charge in [0.25, 0.3) is 6.33 Å². The molecule has 0 N–H and O–H groups in total. The number of aromatic nitrogens is 2. The fraction of sp³-hybridized carbons (Fsp3) is 0.333. The van der Waals surface area contributed by atoms with Crippen molar-refractivity contribution in [2.45, 2.75) is 51.9 Å². The molecule has 30 heavy (non-hydrogen) atoms. The van der Waals surface area contributed by atoms with Crippen molar-refractivity contribution in [1.82, 2.24) is 4.98 Å². The summed E-state index contributed by atoms with van der Waals surface area (Å²) in [5.41, 5.74) is 7.36. The van der Waals surface area contributed by atoms with Gasteiger partial charge in [-0.2, -0.15) is 0 Å². The van der Waals surface area contributed by atoms with E-state index in [-0.39, 0.29) is 0 Å². The lowest BCUT2D eigenvalue weighted by Crippen LogP contribution is -2.33. The van der Waals surface area contributed by atoms with Crippen molar-refractivity contribution in [1.29, 1.82) is 0 Å². The van der Waals surface area contributed by atoms with Gasteiger partial charge < -0.3 is 4.74 Å². The largest absolute Gasteiger partial charge is 0.455 e. The number of fused-ring (bicyclic) bond motifs is 3. The van der Waals surface area contributed by atoms with Gasteiger partial charge in [0, 0.05) is 5.56 Å². The minimum Gasteiger partial charge on any atom is -0.455 e. The van der Waals surface area contributed by atoms with Crippen LogP contribution in [-0.4, -0.2) is 4.98 Å². The number of ether oxygens (including phenoxy) is 1. The van der Waals surface area contributed by atoms with Gasteiger partial charge in [-0.05, 0) is 71.6 Å². The minimum atomic E-state index is 0.628. The molecule has 4 aromatic rings. The monoisotopic (exact) mass is 395 g/mol. The summed E-state index contributed by atoms with van der Waals surface area (Å²) in [6.07, 6.45) is 8.54. The van der Waals surface area contributed by atoms with Gasteiger partial charge in [0.05, 0.1) is 12.6 Å². The smallest absolute Gasteiger partial charge is 0.287 e. The standard InChI is InChI=1S/C27H27N2O/c1-16-20-11-7-8-12-21(20)17(2)27-24(16)26-25-22(28-15-29(26)3)13-19(14-23(25)30-27)18-9-5-4-6-10-18/h7-8,11-15,18H,4-6,9-10H2,1-3H3/q+1. The van der Waals surface area contributed by atoms with E-state index in [2.05, 4.69) is 61.9 Å². The third-order valence-corrected chi connectivity index (χ3v) is 7.27. The first-order chi connectivity index (χ1) is 14.6. The summed E-state index contributed by atoms with van der Waals surface area (Å²) in [4.78, 5) is 4.81. The second-order valence-electron chi connectivity index (χ2n) is 9.05. The number of benzene rings is 3. The van der Waals surface area contributed by atoms with Crippen LogP contribution in [0.15, 0.2) is 42.7 Å². The van der Waals surface area contributed by atoms with Gasteiger partial charge in [-0.15, -0.1) is 0 Å². The second-order valence-corrected chi connectivity index (χ2v) is 9.05. The lowest BCUT2D eigenvalue weighted by atomic mass is 9.83. The van der Waals surface area contributed by atoms with Crippen LogP contribution >= 0.6 is 0 Å². The third-order valence-electron chi connectivity index (χ3n) is 7.27. The summed E-state index contributed by atoms with van der Waals surface area (Å²) >= 11 is 0. The van der Waals surface area contributed by atoms with Crippen molar-refractivity contribution in [2.24, 2.45) is 7.05 Å². The van der Waals surface area contributed by atoms with E-state index < -0.39 is 0 Å². The molecular formula is C27H27N2O+. The fourth-order valence-corrected chi connectivity index (χ4v) is 5.67. The zero-order valence-electron chi connectivity index (χ0n) is 18.0. The van der Waals surface area contributed by atoms with Crippen molar-refractivity contribution in [3.05, 3.63) is 59.4 Å². The molecule has 150 valence electrons. The quantitative estimate of drug-likeness (QED) is 0.297. The molecule has 0 amide bonds. The van der Waals surface area contributed by atoms with E-state index in [1.54, 1.807) is 0 Å². The summed E-state index contributed by atoms with van der Waals surface area (Å²) in [7, 11) is 2.10. The van der Waals surface area contributed by atoms with Gasteiger partial charge in [0.15, 0.2) is 11.2 Å². The Balaban J connectivity index is 1.68. The van der Waals surface area contributed by atoms with Crippen LogP contribution in [0.1, 0.15) is 54.7 Å². The zero-order valence-corrected chi connectivity index (χ0v) is 18.0. The molecular weight excluding hydrogens is 368 g/mol. The molecule has 0 bridgehead atoms. The molecule has 0 atom stereocenters. The van der Waals surface area contributed by atoms with E-state index in [0.717, 1.165) is 22.4 Å². The molecule has 1 aliphatic carbocycles. The Hall–Kier alpha value is -2.94. The van der Waals surface area contributed by atoms with Crippen LogP contribution in [0.5, 0.6) is 11.5 Å². The Morgan fingerprint density at radius 3 is 2.47 bits per heavy atom. The number of rotatable bonds is 1. The predicted octanol–water partition coefficient (Wildman–Crippen LogP) is 6.65. The average Bonchev–Trinajstić information content (AvgIpc) is 2.79. The minimum absolute atomic E-state index is 0.628. The summed E-state index contributed by atoms with van der Waals surface area (Å²) in [5, 5.41) is 3.71. The van der Waals surface area contributed by atoms with Crippen molar-refractivity contribution in [2.75, 3.05) is 0 Å². The van der Waals surface area contributed by atoms with E-state index in [9.17, 15) is 0 Å². The SMILES string of the molecule is Cc1c2c(c(C)c3ccccc13)-c1c3c(cc(C4CCCCC4)cc3nc[n+]1C)O2. The summed E-state index contributed by atoms with van der Waals surface area (Å²) < 4.78 is 8.86. The first kappa shape index (κ1) is 17.9. The normalized spacial score (nSPS) is 16.0. The summed E-state index contributed by atoms with van der Waals surface area (Å²) in [6, 6.07) is 13.3. The maximum atomic E-state index is 6.70. The molecule has 0 unspecified atom stereocenters. The maximum absolute atomic E-state index is 6.70. The molecule has 2 aliphatic rings. The third kappa shape index (κ3) is 2.44. The first-order valence-electron chi connectivity index (χ1n) is 11.2. The van der Waals surface area contributed by atoms with Gasteiger partial charge >= 0.3 is 0 Å². The molecule has 3 aromatic carbocycles. The van der Waals surface area contributed by atoms with Crippen LogP contribution < -0.4 is 9.30 Å². The number of nitrogens with zero attached hydrogens (tertiary/aromatic N) is 2. The summed E-state index contributed by atoms with van der Waals surface area (Å²) in [6.45, 7) is 4.41. The van der Waals surface area contributed by atoms with E-state index in [1.165, 1.54) is 70.8 Å². The Morgan fingerprint density at radius 2 is 1.70 bits per heavy atom. The molecule has 0 saturated heterocycles. The van der Waals surface area contributed by atoms with Crippen LogP contribution in [0.25, 0.3) is 32.9 Å². The van der Waals surface area contributed by atoms with E-state index >= 15 is 0 Å². The molecule has 3 heteroatoms. The van der Waals surface area contributed by atoms with E-state index in [1.807, 2.05) is 6.33 Å². The highest BCUT2D eigenvalue weighted by Crippen LogP contribution is 2.51. The van der Waals surface area contributed by atoms with Crippen LogP contribution in [0.4, 0.5) is 0 Å². The van der Waals surface area contributed by atoms with Crippen LogP contribution in [0, 0.1) is 13.8 Å². The van der Waals surface area contributed by atoms with Crippen molar-refractivity contribution >= 4 is 21.7 Å². The van der Waals surface area contributed by atoms with E-state index in [0.29, 0.717) is 5.92 Å². The van der Waals surface area contributed by atoms with Crippen LogP contribution in [0.3, 0.4) is 0 Å². The van der Waals surface area contributed by atoms with Crippen LogP contribution in [-0.2, 0) is 7.05 Å². The zero-order chi connectivity index (χ0) is 20.4. The lowest BCUT2D eigenvalue weighted by molar-refractivity contribution is -0.662. The van der Waals surface area contributed by atoms with Crippen LogP contribution in [0.2, 0.25) is 0 Å². The number of hydrogen-bond acceptors (Lipinski definition) is 2. The molecule has 1 aliphatic heterocycles. The Kier molecular flexibility index (Phi) is 3.89. The van der Waals surface area contributed by atoms with Gasteiger partial charge in [-0.25, -0.2) is 4.57 Å². The highest BCUT2D eigenvalue weighted by Gasteiger charge is 2.32. The maximum Gasteiger partial charge on any atom is 0.287 e. The topological polar surface area (TPSA) is 26.0 Å². The van der Waals surface area contributed by atoms with E-state index in [4.69, 9.17) is 9.72 Å². The molecule has 0 spiro atoms. The molecule has 0 radical (unpaired) electrons. The van der Waals surface area contributed by atoms with Gasteiger partial charge in [0.1, 0.15) is 16.9 Å². The Bertz CT molecular complexity index is 1330. The molecule has 1 saturated carbocycles. The first-order valence-corrected chi connectivity index (χ1v) is 11.2. The van der Waals surface area contributed by atoms with Gasteiger partial charge in [0.2, 0.25) is 0 Å². The Labute approximate surface area is 177 Å². The second kappa shape index (κ2) is 6.53. The fourth-order valence-electron chi connectivity index (χ4n) is 5.67. The van der Waals surface area contributed by atoms with Crippen molar-refractivity contribution < 1.29 is 9.30 Å². The number of aryl methyl sites for hydroxylation is 3. The highest BCUT2D eigenvalue weighted by molar-refractivity contribution is 6.05. The molecule has 2 heterocycles. The molecule has 1 aromatic heterocycles. The predicted molar refractivity (Wildman–Crippen MR) is 121 cm³/mol. The molecule has 1 fully saturated rings. The summed E-state index contributed by atoms with van der Waals surface area (Å²) in [5.74, 6) is 2.60. The molecule has 6 rings (SSSR count). The van der Waals surface area contributed by atoms with Gasteiger partial charge in [-0.3, -0.25) is 0 Å². The average molecular weight is 396 g/mol. The Morgan fingerprint density at radius 1 is 0.967 bits per heavy atom. The van der Waals surface area contributed by atoms with Gasteiger partial charge in [-0.1, -0.05) is 43.5 Å². The van der Waals surface area contributed by atoms with Crippen molar-refractivity contribution in [3.8, 4) is 22.8 Å². The molecule has 3 nitrogen and oxygen atoms in total. The number of hydrogen-bond donors (Lipinski definition) is 0. The van der Waals surface area contributed by atoms with Crippen molar-refractivity contribution in [3.63, 3.8) is 0 Å². The lowest BCUT2D eigenvalue weighted by Gasteiger charge is -2.26.